The van der Waals surface area contributed by atoms with Gasteiger partial charge in [0.05, 0.1) is 28.4 Å². The molecule has 0 fully saturated rings. The zero-order chi connectivity index (χ0) is 40.9. The fourth-order valence-electron chi connectivity index (χ4n) is 8.76. The van der Waals surface area contributed by atoms with E-state index in [4.69, 9.17) is 9.72 Å². The van der Waals surface area contributed by atoms with E-state index in [1.165, 1.54) is 11.1 Å². The number of ether oxygens (including phenoxy) is 1. The molecule has 0 aliphatic carbocycles. The van der Waals surface area contributed by atoms with Gasteiger partial charge >= 0.3 is 0 Å². The van der Waals surface area contributed by atoms with E-state index in [0.29, 0.717) is 0 Å². The summed E-state index contributed by atoms with van der Waals surface area (Å²) in [4.78, 5) is 25.3. The van der Waals surface area contributed by atoms with E-state index in [-0.39, 0.29) is 5.41 Å². The van der Waals surface area contributed by atoms with E-state index < -0.39 is 0 Å². The molecule has 5 heterocycles. The number of anilines is 9. The van der Waals surface area contributed by atoms with E-state index in [1.54, 1.807) is 6.33 Å². The number of aromatic nitrogens is 4. The Kier molecular flexibility index (Phi) is 8.63. The Bertz CT molecular complexity index is 2870. The smallest absolute Gasteiger partial charge is 0.151 e. The predicted octanol–water partition coefficient (Wildman–Crippen LogP) is 13.8. The van der Waals surface area contributed by atoms with Crippen LogP contribution in [0.5, 0.6) is 11.5 Å². The molecule has 2 aliphatic heterocycles. The van der Waals surface area contributed by atoms with E-state index in [1.807, 2.05) is 73.3 Å². The summed E-state index contributed by atoms with van der Waals surface area (Å²) in [5.41, 5.74) is 13.3. The third kappa shape index (κ3) is 6.24. The summed E-state index contributed by atoms with van der Waals surface area (Å²) in [6.07, 6.45) is 8.89. The normalized spacial score (nSPS) is 13.3. The summed E-state index contributed by atoms with van der Waals surface area (Å²) in [7, 11) is 0. The van der Waals surface area contributed by atoms with Crippen LogP contribution in [-0.4, -0.2) is 19.9 Å². The van der Waals surface area contributed by atoms with Crippen LogP contribution < -0.4 is 19.4 Å². The average Bonchev–Trinajstić information content (AvgIpc) is 3.32. The first-order chi connectivity index (χ1) is 30.0. The largest absolute Gasteiger partial charge is 0.453 e. The van der Waals surface area contributed by atoms with E-state index in [0.717, 1.165) is 85.2 Å². The van der Waals surface area contributed by atoms with Crippen molar-refractivity contribution in [3.05, 3.63) is 212 Å². The highest BCUT2D eigenvalue weighted by Crippen LogP contribution is 2.54. The Hall–Kier alpha value is -8.10. The van der Waals surface area contributed by atoms with Gasteiger partial charge in [0, 0.05) is 59.3 Å². The fourth-order valence-corrected chi connectivity index (χ4v) is 8.76. The Balaban J connectivity index is 1.17. The number of benzene rings is 6. The maximum atomic E-state index is 6.50. The van der Waals surface area contributed by atoms with Gasteiger partial charge in [-0.2, -0.15) is 0 Å². The second-order valence-corrected chi connectivity index (χ2v) is 15.7. The molecular weight excluding hydrogens is 751 g/mol. The van der Waals surface area contributed by atoms with Crippen LogP contribution in [-0.2, 0) is 5.41 Å². The van der Waals surface area contributed by atoms with Crippen molar-refractivity contribution in [1.82, 2.24) is 19.9 Å². The lowest BCUT2D eigenvalue weighted by atomic mass is 9.73. The van der Waals surface area contributed by atoms with Crippen molar-refractivity contribution >= 4 is 51.4 Å². The van der Waals surface area contributed by atoms with Crippen LogP contribution in [0.4, 0.5) is 51.4 Å². The topological polar surface area (TPSA) is 70.5 Å². The highest BCUT2D eigenvalue weighted by Gasteiger charge is 2.38. The van der Waals surface area contributed by atoms with Crippen molar-refractivity contribution in [3.63, 3.8) is 0 Å². The zero-order valence-electron chi connectivity index (χ0n) is 33.6. The number of rotatable bonds is 7. The Morgan fingerprint density at radius 1 is 0.443 bits per heavy atom. The molecule has 0 bridgehead atoms. The molecule has 292 valence electrons. The number of hydrogen-bond acceptors (Lipinski definition) is 8. The third-order valence-electron chi connectivity index (χ3n) is 11.7. The van der Waals surface area contributed by atoms with Crippen molar-refractivity contribution in [3.8, 4) is 33.8 Å². The molecule has 0 unspecified atom stereocenters. The van der Waals surface area contributed by atoms with Gasteiger partial charge < -0.3 is 9.64 Å². The summed E-state index contributed by atoms with van der Waals surface area (Å²) < 4.78 is 6.50. The molecule has 8 nitrogen and oxygen atoms in total. The first-order valence-corrected chi connectivity index (χ1v) is 20.3. The van der Waals surface area contributed by atoms with Crippen LogP contribution in [0.15, 0.2) is 201 Å². The molecule has 0 amide bonds. The quantitative estimate of drug-likeness (QED) is 0.158. The summed E-state index contributed by atoms with van der Waals surface area (Å²) in [6, 6.07) is 59.5. The van der Waals surface area contributed by atoms with Crippen molar-refractivity contribution < 1.29 is 4.74 Å². The van der Waals surface area contributed by atoms with Crippen LogP contribution in [0.25, 0.3) is 22.3 Å². The molecule has 0 N–H and O–H groups in total. The Morgan fingerprint density at radius 2 is 0.885 bits per heavy atom. The summed E-state index contributed by atoms with van der Waals surface area (Å²) in [5, 5.41) is 0. The molecule has 6 aromatic carbocycles. The molecular formula is C53H39N7O. The maximum Gasteiger partial charge on any atom is 0.151 e. The van der Waals surface area contributed by atoms with Crippen molar-refractivity contribution in [2.45, 2.75) is 19.3 Å². The van der Waals surface area contributed by atoms with Crippen molar-refractivity contribution in [1.29, 1.82) is 0 Å². The zero-order valence-corrected chi connectivity index (χ0v) is 33.6. The summed E-state index contributed by atoms with van der Waals surface area (Å²) >= 11 is 0. The average molecular weight is 790 g/mol. The lowest BCUT2D eigenvalue weighted by Crippen LogP contribution is -2.31. The highest BCUT2D eigenvalue weighted by atomic mass is 16.5. The van der Waals surface area contributed by atoms with Gasteiger partial charge in [0.15, 0.2) is 11.5 Å². The lowest BCUT2D eigenvalue weighted by Gasteiger charge is -2.42. The number of hydrogen-bond donors (Lipinski definition) is 0. The minimum Gasteiger partial charge on any atom is -0.453 e. The van der Waals surface area contributed by atoms with E-state index >= 15 is 0 Å². The van der Waals surface area contributed by atoms with Crippen LogP contribution in [0.1, 0.15) is 25.0 Å². The van der Waals surface area contributed by atoms with Gasteiger partial charge in [-0.05, 0) is 101 Å². The molecule has 2 aliphatic rings. The highest BCUT2D eigenvalue weighted by molar-refractivity contribution is 5.92. The van der Waals surface area contributed by atoms with Crippen LogP contribution in [0.3, 0.4) is 0 Å². The monoisotopic (exact) mass is 789 g/mol. The molecule has 3 aromatic heterocycles. The summed E-state index contributed by atoms with van der Waals surface area (Å²) in [6.45, 7) is 4.61. The minimum absolute atomic E-state index is 0.236. The molecule has 0 atom stereocenters. The number of pyridine rings is 2. The molecule has 8 heteroatoms. The first kappa shape index (κ1) is 36.0. The van der Waals surface area contributed by atoms with Gasteiger partial charge in [-0.15, -0.1) is 0 Å². The Labute approximate surface area is 354 Å². The molecule has 61 heavy (non-hydrogen) atoms. The SMILES string of the molecule is CC1(C)c2ccccc2N(c2cc(N(c3ccc(-c4ccncc4)cc3)c3ccc(-c4cncnc4)cc3)cc(N3c4ccccc4Oc4ccccc43)n2)c2ccccc21. The standard InChI is InChI=1S/C53H39N7O/c1-53(2)43-11-3-5-13-45(43)59(46-14-6-4-12-44(46)53)51-31-42(32-52(57-51)60-47-15-7-9-17-49(47)61-50-18-10-8-16-48(50)60)58(40-23-19-36(20-24-40)38-27-29-54-30-28-38)41-25-21-37(22-26-41)39-33-55-35-56-34-39/h3-35H,1-2H3. The summed E-state index contributed by atoms with van der Waals surface area (Å²) in [5.74, 6) is 3.04. The van der Waals surface area contributed by atoms with E-state index in [2.05, 4.69) is 165 Å². The van der Waals surface area contributed by atoms with Gasteiger partial charge in [0.2, 0.25) is 0 Å². The van der Waals surface area contributed by atoms with Gasteiger partial charge in [-0.1, -0.05) is 98.8 Å². The molecule has 0 saturated heterocycles. The third-order valence-corrected chi connectivity index (χ3v) is 11.7. The van der Waals surface area contributed by atoms with E-state index in [9.17, 15) is 0 Å². The minimum atomic E-state index is -0.236. The van der Waals surface area contributed by atoms with Gasteiger partial charge in [-0.25, -0.2) is 15.0 Å². The second kappa shape index (κ2) is 14.6. The van der Waals surface area contributed by atoms with Gasteiger partial charge in [-0.3, -0.25) is 14.8 Å². The van der Waals surface area contributed by atoms with Crippen LogP contribution >= 0.6 is 0 Å². The van der Waals surface area contributed by atoms with Crippen molar-refractivity contribution in [2.24, 2.45) is 0 Å². The second-order valence-electron chi connectivity index (χ2n) is 15.7. The molecule has 11 rings (SSSR count). The molecule has 9 aromatic rings. The van der Waals surface area contributed by atoms with Crippen molar-refractivity contribution in [2.75, 3.05) is 14.7 Å². The van der Waals surface area contributed by atoms with Crippen LogP contribution in [0.2, 0.25) is 0 Å². The predicted molar refractivity (Wildman–Crippen MR) is 245 cm³/mol. The number of para-hydroxylation sites is 6. The Morgan fingerprint density at radius 3 is 1.43 bits per heavy atom. The van der Waals surface area contributed by atoms with Gasteiger partial charge in [0.1, 0.15) is 18.0 Å². The molecule has 0 spiro atoms. The maximum absolute atomic E-state index is 6.50. The first-order valence-electron chi connectivity index (χ1n) is 20.3. The molecule has 0 saturated carbocycles. The number of fused-ring (bicyclic) bond motifs is 4. The fraction of sp³-hybridized carbons (Fsp3) is 0.0566. The molecule has 0 radical (unpaired) electrons. The van der Waals surface area contributed by atoms with Gasteiger partial charge in [0.25, 0.3) is 0 Å². The van der Waals surface area contributed by atoms with Crippen LogP contribution in [0, 0.1) is 0 Å². The number of nitrogens with zero attached hydrogens (tertiary/aromatic N) is 7. The lowest BCUT2D eigenvalue weighted by molar-refractivity contribution is 0.476.